The molecule has 0 radical (unpaired) electrons. The number of thioether (sulfide) groups is 1. The fourth-order valence-corrected chi connectivity index (χ4v) is 2.90. The number of nitrogens with zero attached hydrogens (tertiary/aromatic N) is 2. The molecule has 4 nitrogen and oxygen atoms in total. The van der Waals surface area contributed by atoms with Crippen molar-refractivity contribution in [3.63, 3.8) is 0 Å². The topological polar surface area (TPSA) is 46.9 Å². The van der Waals surface area contributed by atoms with E-state index in [1.165, 1.54) is 22.4 Å². The van der Waals surface area contributed by atoms with Gasteiger partial charge in [-0.1, -0.05) is 18.2 Å². The first kappa shape index (κ1) is 14.2. The molecule has 0 saturated heterocycles. The lowest BCUT2D eigenvalue weighted by Gasteiger charge is -2.07. The van der Waals surface area contributed by atoms with Crippen molar-refractivity contribution in [3.05, 3.63) is 52.9 Å². The molecule has 0 bridgehead atoms. The summed E-state index contributed by atoms with van der Waals surface area (Å²) in [7, 11) is 0. The van der Waals surface area contributed by atoms with Crippen LogP contribution in [-0.4, -0.2) is 22.1 Å². The maximum atomic E-state index is 12.0. The third-order valence-corrected chi connectivity index (χ3v) is 4.47. The normalized spacial score (nSPS) is 14.1. The number of hydrogen-bond donors (Lipinski definition) is 1. The average Bonchev–Trinajstić information content (AvgIpc) is 3.32. The molecule has 1 aromatic carbocycles. The lowest BCUT2D eigenvalue weighted by molar-refractivity contribution is 0.621. The molecule has 2 aromatic rings. The van der Waals surface area contributed by atoms with Gasteiger partial charge in [0.05, 0.1) is 18.4 Å². The number of hydrogen-bond acceptors (Lipinski definition) is 4. The Morgan fingerprint density at radius 2 is 2.10 bits per heavy atom. The molecule has 0 amide bonds. The second-order valence-electron chi connectivity index (χ2n) is 5.29. The largest absolute Gasteiger partial charge is 0.383 e. The third-order valence-electron chi connectivity index (χ3n) is 3.48. The minimum atomic E-state index is -0.0375. The minimum absolute atomic E-state index is 0.0375. The zero-order valence-electron chi connectivity index (χ0n) is 11.9. The zero-order chi connectivity index (χ0) is 14.5. The molecule has 110 valence electrons. The van der Waals surface area contributed by atoms with E-state index in [9.17, 15) is 4.79 Å². The SMILES string of the molecule is O=c1cc(NCC2CC2)cnn1CCSc1ccccc1. The van der Waals surface area contributed by atoms with Gasteiger partial charge in [-0.25, -0.2) is 4.68 Å². The molecule has 1 aliphatic rings. The van der Waals surface area contributed by atoms with E-state index in [2.05, 4.69) is 22.5 Å². The molecule has 3 rings (SSSR count). The van der Waals surface area contributed by atoms with Crippen molar-refractivity contribution >= 4 is 17.4 Å². The van der Waals surface area contributed by atoms with Crippen LogP contribution in [0.5, 0.6) is 0 Å². The molecule has 0 unspecified atom stereocenters. The van der Waals surface area contributed by atoms with Crippen LogP contribution in [0.2, 0.25) is 0 Å². The molecule has 1 heterocycles. The Balaban J connectivity index is 1.51. The van der Waals surface area contributed by atoms with Gasteiger partial charge in [0.15, 0.2) is 0 Å². The van der Waals surface area contributed by atoms with Gasteiger partial charge in [0.25, 0.3) is 5.56 Å². The number of rotatable bonds is 7. The molecule has 21 heavy (non-hydrogen) atoms. The molecule has 1 aromatic heterocycles. The van der Waals surface area contributed by atoms with Crippen LogP contribution in [0.25, 0.3) is 0 Å². The highest BCUT2D eigenvalue weighted by atomic mass is 32.2. The second kappa shape index (κ2) is 6.80. The molecule has 0 aliphatic heterocycles. The molecule has 1 aliphatic carbocycles. The van der Waals surface area contributed by atoms with Gasteiger partial charge in [0.2, 0.25) is 0 Å². The Bertz CT molecular complexity index is 637. The van der Waals surface area contributed by atoms with Crippen molar-refractivity contribution in [1.29, 1.82) is 0 Å². The van der Waals surface area contributed by atoms with Crippen LogP contribution in [0, 0.1) is 5.92 Å². The summed E-state index contributed by atoms with van der Waals surface area (Å²) in [4.78, 5) is 13.2. The van der Waals surface area contributed by atoms with Crippen LogP contribution < -0.4 is 10.9 Å². The van der Waals surface area contributed by atoms with E-state index in [0.717, 1.165) is 23.9 Å². The van der Waals surface area contributed by atoms with Crippen molar-refractivity contribution in [2.75, 3.05) is 17.6 Å². The first-order valence-electron chi connectivity index (χ1n) is 7.30. The van der Waals surface area contributed by atoms with Gasteiger partial charge in [0, 0.05) is 23.3 Å². The highest BCUT2D eigenvalue weighted by molar-refractivity contribution is 7.99. The van der Waals surface area contributed by atoms with E-state index < -0.39 is 0 Å². The van der Waals surface area contributed by atoms with Gasteiger partial charge in [-0.15, -0.1) is 11.8 Å². The van der Waals surface area contributed by atoms with Crippen molar-refractivity contribution < 1.29 is 0 Å². The predicted molar refractivity (Wildman–Crippen MR) is 86.9 cm³/mol. The van der Waals surface area contributed by atoms with E-state index >= 15 is 0 Å². The lowest BCUT2D eigenvalue weighted by atomic mass is 10.4. The minimum Gasteiger partial charge on any atom is -0.383 e. The van der Waals surface area contributed by atoms with Crippen molar-refractivity contribution in [2.45, 2.75) is 24.3 Å². The summed E-state index contributed by atoms with van der Waals surface area (Å²) in [6, 6.07) is 11.8. The predicted octanol–water partition coefficient (Wildman–Crippen LogP) is 2.86. The molecule has 1 fully saturated rings. The number of benzene rings is 1. The number of aromatic nitrogens is 2. The first-order chi connectivity index (χ1) is 10.3. The van der Waals surface area contributed by atoms with Crippen LogP contribution in [-0.2, 0) is 6.54 Å². The van der Waals surface area contributed by atoms with Gasteiger partial charge in [-0.05, 0) is 30.9 Å². The van der Waals surface area contributed by atoms with Crippen LogP contribution >= 0.6 is 11.8 Å². The van der Waals surface area contributed by atoms with E-state index in [1.807, 2.05) is 18.2 Å². The summed E-state index contributed by atoms with van der Waals surface area (Å²) in [6.07, 6.45) is 4.35. The Morgan fingerprint density at radius 3 is 2.81 bits per heavy atom. The molecule has 0 atom stereocenters. The number of nitrogens with one attached hydrogen (secondary N) is 1. The summed E-state index contributed by atoms with van der Waals surface area (Å²) in [6.45, 7) is 1.58. The highest BCUT2D eigenvalue weighted by Crippen LogP contribution is 2.28. The molecular weight excluding hydrogens is 282 g/mol. The quantitative estimate of drug-likeness (QED) is 0.799. The van der Waals surface area contributed by atoms with Crippen LogP contribution in [0.4, 0.5) is 5.69 Å². The fraction of sp³-hybridized carbons (Fsp3) is 0.375. The fourth-order valence-electron chi connectivity index (χ4n) is 2.05. The number of anilines is 1. The Kier molecular flexibility index (Phi) is 4.60. The maximum Gasteiger partial charge on any atom is 0.268 e. The summed E-state index contributed by atoms with van der Waals surface area (Å²) in [5.41, 5.74) is 0.795. The summed E-state index contributed by atoms with van der Waals surface area (Å²) < 4.78 is 1.53. The monoisotopic (exact) mass is 301 g/mol. The van der Waals surface area contributed by atoms with Crippen molar-refractivity contribution in [1.82, 2.24) is 9.78 Å². The third kappa shape index (κ3) is 4.36. The van der Waals surface area contributed by atoms with Crippen molar-refractivity contribution in [3.8, 4) is 0 Å². The van der Waals surface area contributed by atoms with Crippen LogP contribution in [0.1, 0.15) is 12.8 Å². The van der Waals surface area contributed by atoms with Crippen molar-refractivity contribution in [2.24, 2.45) is 5.92 Å². The van der Waals surface area contributed by atoms with Gasteiger partial charge >= 0.3 is 0 Å². The van der Waals surface area contributed by atoms with E-state index in [-0.39, 0.29) is 5.56 Å². The standard InChI is InChI=1S/C16H19N3OS/c20-16-10-14(17-11-13-6-7-13)12-18-19(16)8-9-21-15-4-2-1-3-5-15/h1-5,10,12-13,17H,6-9,11H2. The summed E-state index contributed by atoms with van der Waals surface area (Å²) in [5, 5.41) is 7.51. The van der Waals surface area contributed by atoms with E-state index in [0.29, 0.717) is 6.54 Å². The van der Waals surface area contributed by atoms with Crippen LogP contribution in [0.3, 0.4) is 0 Å². The molecular formula is C16H19N3OS. The lowest BCUT2D eigenvalue weighted by Crippen LogP contribution is -2.23. The Hall–Kier alpha value is -1.75. The first-order valence-corrected chi connectivity index (χ1v) is 8.29. The number of aryl methyl sites for hydroxylation is 1. The molecule has 1 saturated carbocycles. The summed E-state index contributed by atoms with van der Waals surface area (Å²) >= 11 is 1.74. The van der Waals surface area contributed by atoms with E-state index in [1.54, 1.807) is 24.0 Å². The smallest absolute Gasteiger partial charge is 0.268 e. The average molecular weight is 301 g/mol. The van der Waals surface area contributed by atoms with Gasteiger partial charge in [0.1, 0.15) is 0 Å². The van der Waals surface area contributed by atoms with E-state index in [4.69, 9.17) is 0 Å². The van der Waals surface area contributed by atoms with Gasteiger partial charge < -0.3 is 5.32 Å². The summed E-state index contributed by atoms with van der Waals surface area (Å²) in [5.74, 6) is 1.63. The van der Waals surface area contributed by atoms with Crippen LogP contribution in [0.15, 0.2) is 52.3 Å². The Morgan fingerprint density at radius 1 is 1.29 bits per heavy atom. The van der Waals surface area contributed by atoms with Gasteiger partial charge in [-0.3, -0.25) is 4.79 Å². The Labute approximate surface area is 128 Å². The zero-order valence-corrected chi connectivity index (χ0v) is 12.7. The molecule has 0 spiro atoms. The molecule has 5 heteroatoms. The highest BCUT2D eigenvalue weighted by Gasteiger charge is 2.20. The maximum absolute atomic E-state index is 12.0. The molecule has 1 N–H and O–H groups in total. The van der Waals surface area contributed by atoms with Gasteiger partial charge in [-0.2, -0.15) is 5.10 Å². The second-order valence-corrected chi connectivity index (χ2v) is 6.46.